The molecule has 1 atom stereocenters. The van der Waals surface area contributed by atoms with Gasteiger partial charge in [0.1, 0.15) is 0 Å². The van der Waals surface area contributed by atoms with Gasteiger partial charge in [0.15, 0.2) is 5.96 Å². The molecule has 1 fully saturated rings. The first kappa shape index (κ1) is 16.5. The van der Waals surface area contributed by atoms with Gasteiger partial charge in [-0.2, -0.15) is 0 Å². The lowest BCUT2D eigenvalue weighted by molar-refractivity contribution is -0.129. The molecule has 0 bridgehead atoms. The van der Waals surface area contributed by atoms with Crippen molar-refractivity contribution in [2.24, 2.45) is 0 Å². The van der Waals surface area contributed by atoms with Crippen molar-refractivity contribution in [3.05, 3.63) is 40.1 Å². The summed E-state index contributed by atoms with van der Waals surface area (Å²) in [5.74, 6) is -0.0242. The van der Waals surface area contributed by atoms with Crippen molar-refractivity contribution >= 4 is 28.9 Å². The van der Waals surface area contributed by atoms with Crippen LogP contribution in [0.2, 0.25) is 0 Å². The van der Waals surface area contributed by atoms with Crippen LogP contribution < -0.4 is 11.1 Å². The Labute approximate surface area is 144 Å². The fraction of sp³-hybridized carbons (Fsp3) is 0.294. The summed E-state index contributed by atoms with van der Waals surface area (Å²) >= 11 is 1.45. The summed E-state index contributed by atoms with van der Waals surface area (Å²) in [5, 5.41) is 20.8. The van der Waals surface area contributed by atoms with Gasteiger partial charge in [-0.3, -0.25) is 15.1 Å². The first-order valence-corrected chi connectivity index (χ1v) is 8.39. The third-order valence-corrected chi connectivity index (χ3v) is 5.69. The molecule has 3 rings (SSSR count). The van der Waals surface area contributed by atoms with E-state index in [2.05, 4.69) is 5.32 Å². The number of benzene rings is 1. The van der Waals surface area contributed by atoms with Crippen LogP contribution >= 0.6 is 11.3 Å². The first-order valence-electron chi connectivity index (χ1n) is 7.57. The zero-order chi connectivity index (χ0) is 17.5. The van der Waals surface area contributed by atoms with Crippen molar-refractivity contribution in [3.8, 4) is 11.1 Å². The van der Waals surface area contributed by atoms with Crippen LogP contribution in [0.5, 0.6) is 0 Å². The summed E-state index contributed by atoms with van der Waals surface area (Å²) in [6.07, 6.45) is 0.258. The predicted octanol–water partition coefficient (Wildman–Crippen LogP) is 2.09. The molecule has 5 N–H and O–H groups in total. The van der Waals surface area contributed by atoms with Gasteiger partial charge >= 0.3 is 0 Å². The maximum atomic E-state index is 12.2. The van der Waals surface area contributed by atoms with Crippen molar-refractivity contribution in [1.82, 2.24) is 10.2 Å². The molecule has 2 heterocycles. The molecule has 0 saturated carbocycles. The fourth-order valence-electron chi connectivity index (χ4n) is 2.85. The van der Waals surface area contributed by atoms with Crippen LogP contribution in [0.1, 0.15) is 23.1 Å². The zero-order valence-electron chi connectivity index (χ0n) is 13.6. The summed E-state index contributed by atoms with van der Waals surface area (Å²) in [4.78, 5) is 15.2. The maximum absolute atomic E-state index is 12.2. The number of aliphatic hydroxyl groups is 1. The van der Waals surface area contributed by atoms with Crippen LogP contribution in [-0.2, 0) is 16.9 Å². The lowest BCUT2D eigenvalue weighted by Gasteiger charge is -2.38. The number of carbonyl (C=O) groups is 1. The number of nitrogens with one attached hydrogen (secondary N) is 2. The number of hydrogen-bond acceptors (Lipinski definition) is 5. The molecule has 24 heavy (non-hydrogen) atoms. The summed E-state index contributed by atoms with van der Waals surface area (Å²) < 4.78 is 0. The van der Waals surface area contributed by atoms with Gasteiger partial charge < -0.3 is 16.2 Å². The molecule has 0 aliphatic carbocycles. The van der Waals surface area contributed by atoms with E-state index in [1.165, 1.54) is 16.2 Å². The number of nitrogens with zero attached hydrogens (tertiary/aromatic N) is 1. The molecule has 1 amide bonds. The number of carbonyl (C=O) groups excluding carboxylic acids is 1. The van der Waals surface area contributed by atoms with Gasteiger partial charge in [-0.15, -0.1) is 11.3 Å². The van der Waals surface area contributed by atoms with Gasteiger partial charge in [0.05, 0.1) is 18.6 Å². The Morgan fingerprint density at radius 2 is 2.21 bits per heavy atom. The molecule has 0 radical (unpaired) electrons. The van der Waals surface area contributed by atoms with E-state index < -0.39 is 5.54 Å². The minimum atomic E-state index is -0.659. The van der Waals surface area contributed by atoms with Crippen LogP contribution in [0.3, 0.4) is 0 Å². The molecule has 1 aliphatic rings. The Morgan fingerprint density at radius 1 is 1.46 bits per heavy atom. The third kappa shape index (κ3) is 2.76. The molecule has 126 valence electrons. The lowest BCUT2D eigenvalue weighted by atomic mass is 9.92. The number of thiophene rings is 1. The Balaban J connectivity index is 2.04. The van der Waals surface area contributed by atoms with E-state index >= 15 is 0 Å². The number of anilines is 1. The van der Waals surface area contributed by atoms with Crippen molar-refractivity contribution in [1.29, 1.82) is 5.41 Å². The molecular weight excluding hydrogens is 324 g/mol. The van der Waals surface area contributed by atoms with E-state index in [9.17, 15) is 9.90 Å². The molecule has 1 aromatic carbocycles. The molecule has 6 nitrogen and oxygen atoms in total. The first-order chi connectivity index (χ1) is 11.3. The second-order valence-electron chi connectivity index (χ2n) is 6.17. The zero-order valence-corrected chi connectivity index (χ0v) is 14.4. The highest BCUT2D eigenvalue weighted by molar-refractivity contribution is 7.12. The highest BCUT2D eigenvalue weighted by Gasteiger charge is 2.39. The number of rotatable bonds is 3. The van der Waals surface area contributed by atoms with Gasteiger partial charge in [0.2, 0.25) is 5.91 Å². The Hall–Kier alpha value is -2.38. The number of hydrogen-bond donors (Lipinski definition) is 4. The van der Waals surface area contributed by atoms with E-state index in [0.717, 1.165) is 20.9 Å². The van der Waals surface area contributed by atoms with Gasteiger partial charge in [0.25, 0.3) is 0 Å². The number of nitrogen functional groups attached to an aromatic ring is 1. The highest BCUT2D eigenvalue weighted by atomic mass is 32.1. The normalized spacial score (nSPS) is 21.0. The van der Waals surface area contributed by atoms with Crippen LogP contribution in [0.25, 0.3) is 11.1 Å². The van der Waals surface area contributed by atoms with Gasteiger partial charge in [0, 0.05) is 22.5 Å². The van der Waals surface area contributed by atoms with Crippen LogP contribution in [0, 0.1) is 5.41 Å². The van der Waals surface area contributed by atoms with Crippen molar-refractivity contribution in [2.45, 2.75) is 25.5 Å². The molecule has 7 heteroatoms. The average Bonchev–Trinajstić information content (AvgIpc) is 2.98. The van der Waals surface area contributed by atoms with Gasteiger partial charge in [-0.25, -0.2) is 0 Å². The number of guanidine groups is 1. The smallest absolute Gasteiger partial charge is 0.231 e. The van der Waals surface area contributed by atoms with Crippen LogP contribution in [0.15, 0.2) is 30.3 Å². The molecule has 0 unspecified atom stereocenters. The largest absolute Gasteiger partial charge is 0.399 e. The van der Waals surface area contributed by atoms with Gasteiger partial charge in [-0.05, 0) is 36.2 Å². The second-order valence-corrected chi connectivity index (χ2v) is 7.30. The molecule has 1 saturated heterocycles. The monoisotopic (exact) mass is 344 g/mol. The fourth-order valence-corrected chi connectivity index (χ4v) is 3.99. The van der Waals surface area contributed by atoms with Gasteiger partial charge in [-0.1, -0.05) is 12.1 Å². The van der Waals surface area contributed by atoms with Crippen molar-refractivity contribution in [2.75, 3.05) is 12.8 Å². The second kappa shape index (κ2) is 5.92. The van der Waals surface area contributed by atoms with E-state index in [1.807, 2.05) is 37.3 Å². The molecule has 1 aromatic heterocycles. The number of amides is 1. The third-order valence-electron chi connectivity index (χ3n) is 4.30. The minimum Gasteiger partial charge on any atom is -0.399 e. The maximum Gasteiger partial charge on any atom is 0.231 e. The summed E-state index contributed by atoms with van der Waals surface area (Å²) in [6, 6.07) is 9.47. The number of nitrogens with two attached hydrogens (primary N) is 1. The quantitative estimate of drug-likeness (QED) is 0.640. The summed E-state index contributed by atoms with van der Waals surface area (Å²) in [7, 11) is 1.59. The SMILES string of the molecule is CN1C(=N)N[C@](C)(c2cc(-c3cccc(N)c3)c(CO)s2)CC1=O. The van der Waals surface area contributed by atoms with Crippen LogP contribution in [-0.4, -0.2) is 28.9 Å². The average molecular weight is 344 g/mol. The van der Waals surface area contributed by atoms with Crippen LogP contribution in [0.4, 0.5) is 5.69 Å². The molecule has 2 aromatic rings. The van der Waals surface area contributed by atoms with E-state index in [1.54, 1.807) is 7.05 Å². The van der Waals surface area contributed by atoms with E-state index in [4.69, 9.17) is 11.1 Å². The highest BCUT2D eigenvalue weighted by Crippen LogP contribution is 2.40. The molecule has 0 spiro atoms. The van der Waals surface area contributed by atoms with Crippen molar-refractivity contribution < 1.29 is 9.90 Å². The van der Waals surface area contributed by atoms with Crippen molar-refractivity contribution in [3.63, 3.8) is 0 Å². The molecule has 1 aliphatic heterocycles. The Kier molecular flexibility index (Phi) is 4.06. The van der Waals surface area contributed by atoms with E-state index in [-0.39, 0.29) is 24.9 Å². The Morgan fingerprint density at radius 3 is 2.83 bits per heavy atom. The standard InChI is InChI=1S/C17H20N4O2S/c1-17(8-15(23)21(2)16(19)20-17)14-7-12(13(9-22)24-14)10-4-3-5-11(18)6-10/h3-7,22H,8-9,18H2,1-2H3,(H2,19,20)/t17-/m0/s1. The summed E-state index contributed by atoms with van der Waals surface area (Å²) in [5.41, 5.74) is 7.70. The number of aliphatic hydroxyl groups excluding tert-OH is 1. The summed E-state index contributed by atoms with van der Waals surface area (Å²) in [6.45, 7) is 1.82. The molecular formula is C17H20N4O2S. The van der Waals surface area contributed by atoms with E-state index in [0.29, 0.717) is 5.69 Å². The Bertz CT molecular complexity index is 797. The lowest BCUT2D eigenvalue weighted by Crippen LogP contribution is -2.57. The minimum absolute atomic E-state index is 0.0817. The predicted molar refractivity (Wildman–Crippen MR) is 95.7 cm³/mol. The topological polar surface area (TPSA) is 102 Å².